The summed E-state index contributed by atoms with van der Waals surface area (Å²) < 4.78 is 46.1. The summed E-state index contributed by atoms with van der Waals surface area (Å²) in [5.74, 6) is -0.559. The van der Waals surface area contributed by atoms with Crippen LogP contribution in [0.25, 0.3) is 5.57 Å². The minimum Gasteiger partial charge on any atom is -0.463 e. The van der Waals surface area contributed by atoms with Gasteiger partial charge in [0.05, 0.1) is 7.11 Å². The molecule has 0 saturated carbocycles. The monoisotopic (exact) mass is 272 g/mol. The fraction of sp³-hybridized carbons (Fsp3) is 0.154. The zero-order valence-corrected chi connectivity index (χ0v) is 10.1. The molecular weight excluding hydrogens is 261 g/mol. The molecule has 1 aromatic rings. The molecule has 0 saturated heterocycles. The molecule has 1 aromatic heterocycles. The van der Waals surface area contributed by atoms with E-state index in [4.69, 9.17) is 4.42 Å². The van der Waals surface area contributed by atoms with Crippen molar-refractivity contribution in [3.05, 3.63) is 54.5 Å². The summed E-state index contributed by atoms with van der Waals surface area (Å²) in [6, 6.07) is 2.76. The van der Waals surface area contributed by atoms with Gasteiger partial charge < -0.3 is 9.15 Å². The Morgan fingerprint density at radius 3 is 2.37 bits per heavy atom. The highest BCUT2D eigenvalue weighted by molar-refractivity contribution is 5.87. The van der Waals surface area contributed by atoms with Crippen LogP contribution < -0.4 is 0 Å². The largest absolute Gasteiger partial charge is 0.463 e. The first-order chi connectivity index (χ1) is 8.75. The Morgan fingerprint density at radius 2 is 1.84 bits per heavy atom. The predicted octanol–water partition coefficient (Wildman–Crippen LogP) is 3.75. The van der Waals surface area contributed by atoms with Crippen molar-refractivity contribution in [2.75, 3.05) is 7.11 Å². The number of furan rings is 1. The molecule has 0 radical (unpaired) electrons. The second-order valence-electron chi connectivity index (χ2n) is 3.54. The normalized spacial score (nSPS) is 11.6. The van der Waals surface area contributed by atoms with E-state index in [-0.39, 0.29) is 17.1 Å². The lowest BCUT2D eigenvalue weighted by Gasteiger charge is -2.04. The number of carbonyl (C=O) groups is 1. The first-order valence-electron chi connectivity index (χ1n) is 5.07. The first kappa shape index (κ1) is 14.8. The maximum absolute atomic E-state index is 12.2. The molecule has 0 aliphatic rings. The van der Waals surface area contributed by atoms with Gasteiger partial charge in [0.15, 0.2) is 0 Å². The van der Waals surface area contributed by atoms with Crippen molar-refractivity contribution in [1.82, 2.24) is 0 Å². The number of alkyl halides is 3. The molecule has 0 fully saturated rings. The topological polar surface area (TPSA) is 39.4 Å². The third kappa shape index (κ3) is 3.87. The number of allylic oxidation sites excluding steroid dienone is 4. The maximum atomic E-state index is 12.2. The minimum absolute atomic E-state index is 0.0540. The lowest BCUT2D eigenvalue weighted by atomic mass is 10.2. The Labute approximate surface area is 107 Å². The smallest absolute Gasteiger partial charge is 0.415 e. The van der Waals surface area contributed by atoms with E-state index in [1.807, 2.05) is 0 Å². The summed E-state index contributed by atoms with van der Waals surface area (Å²) >= 11 is 0. The van der Waals surface area contributed by atoms with Crippen molar-refractivity contribution in [1.29, 1.82) is 0 Å². The highest BCUT2D eigenvalue weighted by Gasteiger charge is 2.29. The van der Waals surface area contributed by atoms with Gasteiger partial charge in [0.1, 0.15) is 5.76 Å². The second-order valence-corrected chi connectivity index (χ2v) is 3.54. The van der Waals surface area contributed by atoms with Gasteiger partial charge in [-0.3, -0.25) is 0 Å². The molecule has 6 heteroatoms. The van der Waals surface area contributed by atoms with Gasteiger partial charge in [-0.05, 0) is 18.2 Å². The Morgan fingerprint density at radius 1 is 1.26 bits per heavy atom. The van der Waals surface area contributed by atoms with Crippen LogP contribution in [-0.4, -0.2) is 19.3 Å². The lowest BCUT2D eigenvalue weighted by molar-refractivity contribution is -0.0878. The molecule has 19 heavy (non-hydrogen) atoms. The SMILES string of the molecule is C=C(/C=C\C(=C)C(F)(F)F)c1ccc(C(=O)OC)o1. The van der Waals surface area contributed by atoms with Crippen LogP contribution >= 0.6 is 0 Å². The second kappa shape index (κ2) is 5.60. The van der Waals surface area contributed by atoms with Crippen LogP contribution in [0.3, 0.4) is 0 Å². The molecule has 0 aromatic carbocycles. The van der Waals surface area contributed by atoms with E-state index >= 15 is 0 Å². The average Bonchev–Trinajstić information content (AvgIpc) is 2.82. The van der Waals surface area contributed by atoms with E-state index in [1.54, 1.807) is 0 Å². The Bertz CT molecular complexity index is 536. The number of ether oxygens (including phenoxy) is 1. The summed E-state index contributed by atoms with van der Waals surface area (Å²) in [5.41, 5.74) is -0.825. The van der Waals surface area contributed by atoms with Crippen molar-refractivity contribution in [3.63, 3.8) is 0 Å². The molecule has 3 nitrogen and oxygen atoms in total. The van der Waals surface area contributed by atoms with Gasteiger partial charge in [0.2, 0.25) is 5.76 Å². The molecule has 0 N–H and O–H groups in total. The molecule has 0 aliphatic carbocycles. The molecule has 0 aliphatic heterocycles. The number of hydrogen-bond acceptors (Lipinski definition) is 3. The van der Waals surface area contributed by atoms with Gasteiger partial charge >= 0.3 is 12.1 Å². The van der Waals surface area contributed by atoms with Crippen molar-refractivity contribution >= 4 is 11.5 Å². The maximum Gasteiger partial charge on any atom is 0.415 e. The summed E-state index contributed by atoms with van der Waals surface area (Å²) in [7, 11) is 1.19. The van der Waals surface area contributed by atoms with Gasteiger partial charge in [0, 0.05) is 11.1 Å². The number of hydrogen-bond donors (Lipinski definition) is 0. The molecule has 0 atom stereocenters. The highest BCUT2D eigenvalue weighted by atomic mass is 19.4. The molecule has 102 valence electrons. The van der Waals surface area contributed by atoms with Crippen molar-refractivity contribution in [3.8, 4) is 0 Å². The molecule has 0 bridgehead atoms. The van der Waals surface area contributed by atoms with Crippen LogP contribution in [0.2, 0.25) is 0 Å². The average molecular weight is 272 g/mol. The zero-order valence-electron chi connectivity index (χ0n) is 10.1. The number of esters is 1. The minimum atomic E-state index is -4.49. The Hall–Kier alpha value is -2.24. The number of methoxy groups -OCH3 is 1. The third-order valence-electron chi connectivity index (χ3n) is 2.16. The van der Waals surface area contributed by atoms with Crippen molar-refractivity contribution < 1.29 is 27.1 Å². The van der Waals surface area contributed by atoms with Crippen molar-refractivity contribution in [2.24, 2.45) is 0 Å². The van der Waals surface area contributed by atoms with E-state index < -0.39 is 17.7 Å². The lowest BCUT2D eigenvalue weighted by Crippen LogP contribution is -2.08. The van der Waals surface area contributed by atoms with Crippen LogP contribution in [0, 0.1) is 0 Å². The van der Waals surface area contributed by atoms with E-state index in [2.05, 4.69) is 17.9 Å². The van der Waals surface area contributed by atoms with E-state index in [0.29, 0.717) is 0 Å². The van der Waals surface area contributed by atoms with E-state index in [1.165, 1.54) is 19.2 Å². The van der Waals surface area contributed by atoms with Gasteiger partial charge in [-0.15, -0.1) is 0 Å². The van der Waals surface area contributed by atoms with Gasteiger partial charge in [-0.2, -0.15) is 13.2 Å². The van der Waals surface area contributed by atoms with Crippen LogP contribution in [0.5, 0.6) is 0 Å². The zero-order chi connectivity index (χ0) is 14.6. The van der Waals surface area contributed by atoms with Crippen molar-refractivity contribution in [2.45, 2.75) is 6.18 Å². The molecule has 0 unspecified atom stereocenters. The first-order valence-corrected chi connectivity index (χ1v) is 5.07. The fourth-order valence-corrected chi connectivity index (χ4v) is 1.10. The van der Waals surface area contributed by atoms with E-state index in [9.17, 15) is 18.0 Å². The number of carbonyl (C=O) groups excluding carboxylic acids is 1. The van der Waals surface area contributed by atoms with Gasteiger partial charge in [-0.1, -0.05) is 19.2 Å². The standard InChI is InChI=1S/C13H11F3O3/c1-8(4-5-9(2)13(14,15)16)10-6-7-11(19-10)12(17)18-3/h4-7H,1-2H2,3H3/b5-4-. The van der Waals surface area contributed by atoms with Gasteiger partial charge in [0.25, 0.3) is 0 Å². The molecular formula is C13H11F3O3. The van der Waals surface area contributed by atoms with Crippen LogP contribution in [-0.2, 0) is 4.74 Å². The summed E-state index contributed by atoms with van der Waals surface area (Å²) in [4.78, 5) is 11.1. The van der Waals surface area contributed by atoms with Crippen LogP contribution in [0.15, 0.2) is 47.4 Å². The molecule has 1 rings (SSSR count). The Balaban J connectivity index is 2.80. The number of halogens is 3. The summed E-state index contributed by atoms with van der Waals surface area (Å²) in [6.07, 6.45) is -2.60. The quantitative estimate of drug-likeness (QED) is 0.619. The molecule has 1 heterocycles. The fourth-order valence-electron chi connectivity index (χ4n) is 1.10. The van der Waals surface area contributed by atoms with Gasteiger partial charge in [-0.25, -0.2) is 4.79 Å². The third-order valence-corrected chi connectivity index (χ3v) is 2.16. The highest BCUT2D eigenvalue weighted by Crippen LogP contribution is 2.26. The summed E-state index contributed by atoms with van der Waals surface area (Å²) in [6.45, 7) is 6.42. The van der Waals surface area contributed by atoms with Crippen LogP contribution in [0.4, 0.5) is 13.2 Å². The predicted molar refractivity (Wildman–Crippen MR) is 63.4 cm³/mol. The molecule has 0 amide bonds. The van der Waals surface area contributed by atoms with Crippen LogP contribution in [0.1, 0.15) is 16.3 Å². The summed E-state index contributed by atoms with van der Waals surface area (Å²) in [5, 5.41) is 0. The Kier molecular flexibility index (Phi) is 4.37. The molecule has 0 spiro atoms. The van der Waals surface area contributed by atoms with E-state index in [0.717, 1.165) is 12.2 Å². The number of rotatable bonds is 4.